The molecule has 1 fully saturated rings. The van der Waals surface area contributed by atoms with Crippen LogP contribution in [-0.2, 0) is 4.74 Å². The summed E-state index contributed by atoms with van der Waals surface area (Å²) in [6.07, 6.45) is 3.66. The minimum absolute atomic E-state index is 0.651. The number of ether oxygens (including phenoxy) is 1. The molecule has 3 nitrogen and oxygen atoms in total. The number of rotatable bonds is 9. The lowest BCUT2D eigenvalue weighted by Gasteiger charge is -2.42. The highest BCUT2D eigenvalue weighted by Crippen LogP contribution is 2.17. The van der Waals surface area contributed by atoms with E-state index in [1.165, 1.54) is 25.8 Å². The summed E-state index contributed by atoms with van der Waals surface area (Å²) in [6.45, 7) is 16.7. The van der Waals surface area contributed by atoms with Gasteiger partial charge in [0.25, 0.3) is 0 Å². The predicted molar refractivity (Wildman–Crippen MR) is 87.2 cm³/mol. The zero-order valence-corrected chi connectivity index (χ0v) is 14.3. The van der Waals surface area contributed by atoms with E-state index >= 15 is 0 Å². The van der Waals surface area contributed by atoms with Crippen molar-refractivity contribution in [2.45, 2.75) is 66.0 Å². The van der Waals surface area contributed by atoms with Crippen LogP contribution in [0.25, 0.3) is 0 Å². The first kappa shape index (κ1) is 17.9. The van der Waals surface area contributed by atoms with Gasteiger partial charge in [-0.2, -0.15) is 0 Å². The molecule has 3 unspecified atom stereocenters. The van der Waals surface area contributed by atoms with Gasteiger partial charge in [-0.25, -0.2) is 0 Å². The molecule has 0 saturated carbocycles. The molecule has 0 aromatic rings. The van der Waals surface area contributed by atoms with Gasteiger partial charge in [-0.1, -0.05) is 41.0 Å². The largest absolute Gasteiger partial charge is 0.380 e. The van der Waals surface area contributed by atoms with E-state index in [1.807, 2.05) is 0 Å². The maximum atomic E-state index is 5.80. The molecule has 0 spiro atoms. The van der Waals surface area contributed by atoms with Crippen molar-refractivity contribution in [1.82, 2.24) is 10.2 Å². The van der Waals surface area contributed by atoms with E-state index in [4.69, 9.17) is 4.74 Å². The molecule has 0 radical (unpaired) electrons. The molecule has 3 heteroatoms. The molecular formula is C17H36N2O. The summed E-state index contributed by atoms with van der Waals surface area (Å²) in [5, 5.41) is 3.73. The molecule has 0 aromatic carbocycles. The van der Waals surface area contributed by atoms with E-state index in [9.17, 15) is 0 Å². The Hall–Kier alpha value is -0.120. The van der Waals surface area contributed by atoms with Gasteiger partial charge in [0, 0.05) is 38.3 Å². The Labute approximate surface area is 126 Å². The third-order valence-electron chi connectivity index (χ3n) is 4.73. The highest BCUT2D eigenvalue weighted by molar-refractivity contribution is 4.87. The van der Waals surface area contributed by atoms with E-state index < -0.39 is 0 Å². The first-order chi connectivity index (χ1) is 9.58. The minimum atomic E-state index is 0.651. The molecule has 1 heterocycles. The summed E-state index contributed by atoms with van der Waals surface area (Å²) in [5.74, 6) is 1.50. The van der Waals surface area contributed by atoms with E-state index in [-0.39, 0.29) is 0 Å². The second-order valence-electron chi connectivity index (χ2n) is 6.75. The maximum Gasteiger partial charge on any atom is 0.0593 e. The molecule has 1 saturated heterocycles. The standard InChI is InChI=1S/C17H36N2O/c1-6-15(5)17-13-19(16(7-2)12-18-17)9-11-20-10-8-14(3)4/h14-18H,6-13H2,1-5H3. The summed E-state index contributed by atoms with van der Waals surface area (Å²) in [7, 11) is 0. The maximum absolute atomic E-state index is 5.80. The van der Waals surface area contributed by atoms with Gasteiger partial charge < -0.3 is 10.1 Å². The number of hydrogen-bond donors (Lipinski definition) is 1. The first-order valence-corrected chi connectivity index (χ1v) is 8.63. The second kappa shape index (κ2) is 9.75. The van der Waals surface area contributed by atoms with Crippen LogP contribution in [0, 0.1) is 11.8 Å². The van der Waals surface area contributed by atoms with E-state index in [1.54, 1.807) is 0 Å². The lowest BCUT2D eigenvalue weighted by atomic mass is 9.95. The second-order valence-corrected chi connectivity index (χ2v) is 6.75. The van der Waals surface area contributed by atoms with Gasteiger partial charge in [-0.15, -0.1) is 0 Å². The van der Waals surface area contributed by atoms with Crippen molar-refractivity contribution in [2.24, 2.45) is 11.8 Å². The average molecular weight is 284 g/mol. The summed E-state index contributed by atoms with van der Waals surface area (Å²) in [5.41, 5.74) is 0. The van der Waals surface area contributed by atoms with Gasteiger partial charge in [0.05, 0.1) is 6.61 Å². The molecule has 0 bridgehead atoms. The average Bonchev–Trinajstić information content (AvgIpc) is 2.45. The third kappa shape index (κ3) is 6.11. The normalized spacial score (nSPS) is 26.1. The molecule has 1 rings (SSSR count). The lowest BCUT2D eigenvalue weighted by Crippen LogP contribution is -2.58. The Bertz CT molecular complexity index is 245. The highest BCUT2D eigenvalue weighted by Gasteiger charge is 2.28. The lowest BCUT2D eigenvalue weighted by molar-refractivity contribution is 0.0528. The molecule has 0 aromatic heterocycles. The van der Waals surface area contributed by atoms with Crippen molar-refractivity contribution >= 4 is 0 Å². The molecule has 20 heavy (non-hydrogen) atoms. The van der Waals surface area contributed by atoms with E-state index in [0.29, 0.717) is 12.1 Å². The van der Waals surface area contributed by atoms with Crippen molar-refractivity contribution in [2.75, 3.05) is 32.8 Å². The van der Waals surface area contributed by atoms with Crippen molar-refractivity contribution in [3.8, 4) is 0 Å². The monoisotopic (exact) mass is 284 g/mol. The Balaban J connectivity index is 2.31. The fourth-order valence-corrected chi connectivity index (χ4v) is 2.83. The molecule has 1 aliphatic heterocycles. The fourth-order valence-electron chi connectivity index (χ4n) is 2.83. The number of hydrogen-bond acceptors (Lipinski definition) is 3. The fraction of sp³-hybridized carbons (Fsp3) is 1.00. The summed E-state index contributed by atoms with van der Waals surface area (Å²) < 4.78 is 5.80. The molecule has 0 amide bonds. The zero-order valence-electron chi connectivity index (χ0n) is 14.3. The Kier molecular flexibility index (Phi) is 8.74. The van der Waals surface area contributed by atoms with E-state index in [0.717, 1.165) is 38.1 Å². The van der Waals surface area contributed by atoms with Crippen molar-refractivity contribution in [1.29, 1.82) is 0 Å². The minimum Gasteiger partial charge on any atom is -0.380 e. The van der Waals surface area contributed by atoms with Gasteiger partial charge >= 0.3 is 0 Å². The van der Waals surface area contributed by atoms with Gasteiger partial charge in [0.15, 0.2) is 0 Å². The van der Waals surface area contributed by atoms with Crippen LogP contribution in [0.5, 0.6) is 0 Å². The van der Waals surface area contributed by atoms with Crippen LogP contribution in [0.4, 0.5) is 0 Å². The van der Waals surface area contributed by atoms with Gasteiger partial charge in [0.1, 0.15) is 0 Å². The quantitative estimate of drug-likeness (QED) is 0.658. The Morgan fingerprint density at radius 1 is 1.20 bits per heavy atom. The Morgan fingerprint density at radius 3 is 2.55 bits per heavy atom. The first-order valence-electron chi connectivity index (χ1n) is 8.63. The van der Waals surface area contributed by atoms with Crippen molar-refractivity contribution in [3.63, 3.8) is 0 Å². The molecule has 3 atom stereocenters. The van der Waals surface area contributed by atoms with Crippen molar-refractivity contribution in [3.05, 3.63) is 0 Å². The Morgan fingerprint density at radius 2 is 1.95 bits per heavy atom. The SMILES string of the molecule is CCC(C)C1CN(CCOCCC(C)C)C(CC)CN1. The zero-order chi connectivity index (χ0) is 15.0. The third-order valence-corrected chi connectivity index (χ3v) is 4.73. The van der Waals surface area contributed by atoms with Gasteiger partial charge in [0.2, 0.25) is 0 Å². The molecular weight excluding hydrogens is 248 g/mol. The summed E-state index contributed by atoms with van der Waals surface area (Å²) in [6, 6.07) is 1.34. The molecule has 120 valence electrons. The van der Waals surface area contributed by atoms with Crippen LogP contribution in [0.1, 0.15) is 53.9 Å². The summed E-state index contributed by atoms with van der Waals surface area (Å²) >= 11 is 0. The predicted octanol–water partition coefficient (Wildman–Crippen LogP) is 3.15. The van der Waals surface area contributed by atoms with Crippen LogP contribution in [0.3, 0.4) is 0 Å². The van der Waals surface area contributed by atoms with Gasteiger partial charge in [-0.3, -0.25) is 4.90 Å². The highest BCUT2D eigenvalue weighted by atomic mass is 16.5. The van der Waals surface area contributed by atoms with Crippen LogP contribution >= 0.6 is 0 Å². The van der Waals surface area contributed by atoms with Crippen LogP contribution in [0.2, 0.25) is 0 Å². The van der Waals surface area contributed by atoms with Gasteiger partial charge in [-0.05, 0) is 24.7 Å². The van der Waals surface area contributed by atoms with Crippen molar-refractivity contribution < 1.29 is 4.74 Å². The summed E-state index contributed by atoms with van der Waals surface area (Å²) in [4.78, 5) is 2.64. The number of piperazine rings is 1. The molecule has 1 N–H and O–H groups in total. The smallest absolute Gasteiger partial charge is 0.0593 e. The number of nitrogens with zero attached hydrogens (tertiary/aromatic N) is 1. The molecule has 0 aliphatic carbocycles. The van der Waals surface area contributed by atoms with E-state index in [2.05, 4.69) is 44.8 Å². The van der Waals surface area contributed by atoms with Crippen LogP contribution in [-0.4, -0.2) is 49.8 Å². The molecule has 1 aliphatic rings. The van der Waals surface area contributed by atoms with Crippen LogP contribution < -0.4 is 5.32 Å². The van der Waals surface area contributed by atoms with Crippen LogP contribution in [0.15, 0.2) is 0 Å². The topological polar surface area (TPSA) is 24.5 Å². The number of nitrogens with one attached hydrogen (secondary N) is 1.